The van der Waals surface area contributed by atoms with Crippen molar-refractivity contribution in [3.63, 3.8) is 0 Å². The van der Waals surface area contributed by atoms with Crippen LogP contribution in [0.5, 0.6) is 0 Å². The maximum absolute atomic E-state index is 11.0. The maximum atomic E-state index is 11.0. The van der Waals surface area contributed by atoms with Crippen LogP contribution in [0.1, 0.15) is 13.3 Å². The van der Waals surface area contributed by atoms with Crippen LogP contribution in [0.4, 0.5) is 0 Å². The molecule has 0 bridgehead atoms. The molecule has 0 aromatic heterocycles. The number of Topliss-reactive ketones (excluding diaryl/α,β-unsaturated/α-hetero) is 1. The van der Waals surface area contributed by atoms with Gasteiger partial charge in [-0.25, -0.2) is 0 Å². The zero-order valence-electron chi connectivity index (χ0n) is 9.23. The first kappa shape index (κ1) is 11.6. The van der Waals surface area contributed by atoms with Crippen molar-refractivity contribution in [3.05, 3.63) is 0 Å². The Morgan fingerprint density at radius 3 is 2.71 bits per heavy atom. The average molecular weight is 200 g/mol. The molecule has 2 atom stereocenters. The number of likely N-dealkylation sites (N-methyl/N-ethyl adjacent to an activating group) is 1. The Bertz CT molecular complexity index is 206. The lowest BCUT2D eigenvalue weighted by atomic mass is 10.2. The van der Waals surface area contributed by atoms with Gasteiger partial charge in [0.25, 0.3) is 0 Å². The standard InChI is InChI=1S/C10H20N2O2/c1-8(13)5-12-7-10(14)4-9(12)6-11(2)3/h9-10,14H,4-7H2,1-3H3. The van der Waals surface area contributed by atoms with E-state index in [4.69, 9.17) is 0 Å². The molecule has 14 heavy (non-hydrogen) atoms. The summed E-state index contributed by atoms with van der Waals surface area (Å²) in [4.78, 5) is 15.2. The highest BCUT2D eigenvalue weighted by Gasteiger charge is 2.31. The molecular formula is C10H20N2O2. The maximum Gasteiger partial charge on any atom is 0.143 e. The first-order valence-corrected chi connectivity index (χ1v) is 5.05. The van der Waals surface area contributed by atoms with Crippen LogP contribution in [0.15, 0.2) is 0 Å². The summed E-state index contributed by atoms with van der Waals surface area (Å²) >= 11 is 0. The van der Waals surface area contributed by atoms with Crippen molar-refractivity contribution in [3.8, 4) is 0 Å². The van der Waals surface area contributed by atoms with Crippen molar-refractivity contribution in [2.75, 3.05) is 33.7 Å². The predicted molar refractivity (Wildman–Crippen MR) is 55.2 cm³/mol. The summed E-state index contributed by atoms with van der Waals surface area (Å²) in [5.41, 5.74) is 0. The third kappa shape index (κ3) is 3.36. The minimum Gasteiger partial charge on any atom is -0.392 e. The van der Waals surface area contributed by atoms with Gasteiger partial charge in [-0.3, -0.25) is 9.69 Å². The summed E-state index contributed by atoms with van der Waals surface area (Å²) in [6.07, 6.45) is 0.519. The number of rotatable bonds is 4. The number of ketones is 1. The normalized spacial score (nSPS) is 28.6. The van der Waals surface area contributed by atoms with Crippen LogP contribution in [-0.4, -0.2) is 66.6 Å². The lowest BCUT2D eigenvalue weighted by molar-refractivity contribution is -0.118. The fourth-order valence-electron chi connectivity index (χ4n) is 2.05. The van der Waals surface area contributed by atoms with Gasteiger partial charge in [-0.1, -0.05) is 0 Å². The van der Waals surface area contributed by atoms with Crippen LogP contribution in [0.25, 0.3) is 0 Å². The monoisotopic (exact) mass is 200 g/mol. The number of hydrogen-bond donors (Lipinski definition) is 1. The highest BCUT2D eigenvalue weighted by Crippen LogP contribution is 2.17. The molecule has 2 unspecified atom stereocenters. The van der Waals surface area contributed by atoms with Gasteiger partial charge < -0.3 is 10.0 Å². The van der Waals surface area contributed by atoms with Gasteiger partial charge in [-0.2, -0.15) is 0 Å². The molecule has 82 valence electrons. The molecule has 1 N–H and O–H groups in total. The number of nitrogens with zero attached hydrogens (tertiary/aromatic N) is 2. The lowest BCUT2D eigenvalue weighted by Gasteiger charge is -2.25. The molecule has 0 saturated carbocycles. The van der Waals surface area contributed by atoms with Crippen molar-refractivity contribution in [1.29, 1.82) is 0 Å². The number of aliphatic hydroxyl groups is 1. The van der Waals surface area contributed by atoms with Gasteiger partial charge in [0.15, 0.2) is 0 Å². The molecule has 1 fully saturated rings. The molecule has 0 radical (unpaired) electrons. The number of carbonyl (C=O) groups is 1. The molecule has 1 saturated heterocycles. The minimum absolute atomic E-state index is 0.169. The van der Waals surface area contributed by atoms with Crippen LogP contribution >= 0.6 is 0 Å². The zero-order chi connectivity index (χ0) is 10.7. The Kier molecular flexibility index (Phi) is 4.04. The van der Waals surface area contributed by atoms with E-state index in [1.54, 1.807) is 6.92 Å². The van der Waals surface area contributed by atoms with E-state index in [-0.39, 0.29) is 11.9 Å². The van der Waals surface area contributed by atoms with E-state index < -0.39 is 0 Å². The van der Waals surface area contributed by atoms with Gasteiger partial charge >= 0.3 is 0 Å². The van der Waals surface area contributed by atoms with E-state index in [0.717, 1.165) is 13.0 Å². The average Bonchev–Trinajstić information content (AvgIpc) is 2.28. The van der Waals surface area contributed by atoms with Gasteiger partial charge in [0.1, 0.15) is 5.78 Å². The fourth-order valence-corrected chi connectivity index (χ4v) is 2.05. The summed E-state index contributed by atoms with van der Waals surface area (Å²) in [7, 11) is 4.02. The molecule has 4 heteroatoms. The van der Waals surface area contributed by atoms with Crippen LogP contribution in [0, 0.1) is 0 Å². The largest absolute Gasteiger partial charge is 0.392 e. The minimum atomic E-state index is -0.265. The van der Waals surface area contributed by atoms with E-state index in [9.17, 15) is 9.90 Å². The number of likely N-dealkylation sites (tertiary alicyclic amines) is 1. The van der Waals surface area contributed by atoms with E-state index in [2.05, 4.69) is 9.80 Å². The highest BCUT2D eigenvalue weighted by atomic mass is 16.3. The molecule has 1 aliphatic rings. The number of β-amino-alcohol motifs (C(OH)–C–C–N with tert-alkyl or cyclic N) is 1. The molecule has 0 aliphatic carbocycles. The van der Waals surface area contributed by atoms with E-state index >= 15 is 0 Å². The Balaban J connectivity index is 2.49. The summed E-state index contributed by atoms with van der Waals surface area (Å²) in [5.74, 6) is 0.169. The highest BCUT2D eigenvalue weighted by molar-refractivity contribution is 5.77. The van der Waals surface area contributed by atoms with Crippen molar-refractivity contribution >= 4 is 5.78 Å². The smallest absolute Gasteiger partial charge is 0.143 e. The van der Waals surface area contributed by atoms with Gasteiger partial charge in [0, 0.05) is 19.1 Å². The van der Waals surface area contributed by atoms with Gasteiger partial charge in [-0.05, 0) is 27.4 Å². The molecule has 0 amide bonds. The van der Waals surface area contributed by atoms with Crippen molar-refractivity contribution in [1.82, 2.24) is 9.80 Å². The first-order chi connectivity index (χ1) is 6.49. The molecule has 1 heterocycles. The summed E-state index contributed by atoms with van der Waals surface area (Å²) in [6.45, 7) is 3.61. The van der Waals surface area contributed by atoms with Crippen molar-refractivity contribution < 1.29 is 9.90 Å². The van der Waals surface area contributed by atoms with Crippen LogP contribution < -0.4 is 0 Å². The Labute approximate surface area is 85.5 Å². The van der Waals surface area contributed by atoms with Crippen molar-refractivity contribution in [2.45, 2.75) is 25.5 Å². The topological polar surface area (TPSA) is 43.8 Å². The summed E-state index contributed by atoms with van der Waals surface area (Å²) < 4.78 is 0. The van der Waals surface area contributed by atoms with Crippen LogP contribution in [-0.2, 0) is 4.79 Å². The lowest BCUT2D eigenvalue weighted by Crippen LogP contribution is -2.39. The first-order valence-electron chi connectivity index (χ1n) is 5.05. The molecule has 1 aliphatic heterocycles. The second-order valence-corrected chi connectivity index (χ2v) is 4.44. The van der Waals surface area contributed by atoms with E-state index in [1.165, 1.54) is 0 Å². The quantitative estimate of drug-likeness (QED) is 0.669. The molecule has 0 aromatic carbocycles. The number of hydrogen-bond acceptors (Lipinski definition) is 4. The molecular weight excluding hydrogens is 180 g/mol. The SMILES string of the molecule is CC(=O)CN1CC(O)CC1CN(C)C. The van der Waals surface area contributed by atoms with Crippen molar-refractivity contribution in [2.24, 2.45) is 0 Å². The number of aliphatic hydroxyl groups excluding tert-OH is 1. The van der Waals surface area contributed by atoms with Gasteiger partial charge in [0.2, 0.25) is 0 Å². The fraction of sp³-hybridized carbons (Fsp3) is 0.900. The van der Waals surface area contributed by atoms with Crippen LogP contribution in [0.3, 0.4) is 0 Å². The Morgan fingerprint density at radius 2 is 2.21 bits per heavy atom. The Morgan fingerprint density at radius 1 is 1.57 bits per heavy atom. The van der Waals surface area contributed by atoms with Crippen LogP contribution in [0.2, 0.25) is 0 Å². The number of carbonyl (C=O) groups excluding carboxylic acids is 1. The third-order valence-corrected chi connectivity index (χ3v) is 2.51. The van der Waals surface area contributed by atoms with Gasteiger partial charge in [-0.15, -0.1) is 0 Å². The summed E-state index contributed by atoms with van der Waals surface area (Å²) in [6, 6.07) is 0.323. The van der Waals surface area contributed by atoms with E-state index in [1.807, 2.05) is 14.1 Å². The van der Waals surface area contributed by atoms with E-state index in [0.29, 0.717) is 19.1 Å². The zero-order valence-corrected chi connectivity index (χ0v) is 9.23. The molecule has 1 rings (SSSR count). The third-order valence-electron chi connectivity index (χ3n) is 2.51. The molecule has 4 nitrogen and oxygen atoms in total. The predicted octanol–water partition coefficient (Wildman–Crippen LogP) is -0.428. The molecule has 0 aromatic rings. The Hall–Kier alpha value is -0.450. The summed E-state index contributed by atoms with van der Waals surface area (Å²) in [5, 5.41) is 9.52. The second-order valence-electron chi connectivity index (χ2n) is 4.44. The molecule has 0 spiro atoms. The van der Waals surface area contributed by atoms with Gasteiger partial charge in [0.05, 0.1) is 12.6 Å². The second kappa shape index (κ2) is 4.87.